The molecule has 2 heterocycles. The summed E-state index contributed by atoms with van der Waals surface area (Å²) in [4.78, 5) is 5.88. The Labute approximate surface area is 109 Å². The van der Waals surface area contributed by atoms with Crippen LogP contribution in [0.15, 0.2) is 24.4 Å². The second-order valence-corrected chi connectivity index (χ2v) is 4.88. The summed E-state index contributed by atoms with van der Waals surface area (Å²) in [5.74, 6) is -0.371. The first kappa shape index (κ1) is 11.7. The molecule has 0 amide bonds. The molecule has 1 aliphatic heterocycles. The van der Waals surface area contributed by atoms with Gasteiger partial charge in [0.2, 0.25) is 0 Å². The van der Waals surface area contributed by atoms with E-state index in [1.165, 1.54) is 6.20 Å². The van der Waals surface area contributed by atoms with E-state index in [2.05, 4.69) is 4.98 Å². The molecular formula is C13H12ClFN2O. The molecular weight excluding hydrogens is 255 g/mol. The molecule has 0 saturated carbocycles. The number of hydrogen-bond donors (Lipinski definition) is 1. The third-order valence-corrected chi connectivity index (χ3v) is 3.61. The van der Waals surface area contributed by atoms with Gasteiger partial charge in [-0.1, -0.05) is 11.6 Å². The lowest BCUT2D eigenvalue weighted by molar-refractivity contribution is 0.198. The zero-order valence-electron chi connectivity index (χ0n) is 9.61. The standard InChI is InChI=1S/C13H12ClFN2O/c14-10-3-5-16-13-9(10)1-2-11(12(13)15)17-6-4-8(18)7-17/h1-3,5,8,18H,4,6-7H2/t8-/m1/s1. The van der Waals surface area contributed by atoms with Crippen LogP contribution in [0, 0.1) is 5.82 Å². The number of pyridine rings is 1. The van der Waals surface area contributed by atoms with Gasteiger partial charge in [0.25, 0.3) is 0 Å². The van der Waals surface area contributed by atoms with Gasteiger partial charge in [0, 0.05) is 24.7 Å². The minimum Gasteiger partial charge on any atom is -0.391 e. The van der Waals surface area contributed by atoms with Crippen LogP contribution in [0.4, 0.5) is 10.1 Å². The Bertz CT molecular complexity index is 605. The van der Waals surface area contributed by atoms with Crippen LogP contribution in [-0.4, -0.2) is 29.3 Å². The molecule has 1 N–H and O–H groups in total. The molecule has 0 aliphatic carbocycles. The second kappa shape index (κ2) is 4.37. The third-order valence-electron chi connectivity index (χ3n) is 3.28. The van der Waals surface area contributed by atoms with Crippen molar-refractivity contribution in [2.75, 3.05) is 18.0 Å². The second-order valence-electron chi connectivity index (χ2n) is 4.48. The average Bonchev–Trinajstić information content (AvgIpc) is 2.77. The van der Waals surface area contributed by atoms with Gasteiger partial charge in [0.15, 0.2) is 5.82 Å². The van der Waals surface area contributed by atoms with E-state index in [9.17, 15) is 9.50 Å². The first-order valence-corrected chi connectivity index (χ1v) is 6.20. The summed E-state index contributed by atoms with van der Waals surface area (Å²) in [6, 6.07) is 5.11. The third kappa shape index (κ3) is 1.82. The van der Waals surface area contributed by atoms with Gasteiger partial charge in [0.1, 0.15) is 5.52 Å². The number of hydrogen-bond acceptors (Lipinski definition) is 3. The number of halogens is 2. The average molecular weight is 267 g/mol. The van der Waals surface area contributed by atoms with Crippen LogP contribution in [0.2, 0.25) is 5.02 Å². The molecule has 1 aromatic carbocycles. The Balaban J connectivity index is 2.12. The van der Waals surface area contributed by atoms with Crippen molar-refractivity contribution < 1.29 is 9.50 Å². The molecule has 0 bridgehead atoms. The summed E-state index contributed by atoms with van der Waals surface area (Å²) in [6.07, 6.45) is 1.78. The van der Waals surface area contributed by atoms with Gasteiger partial charge in [-0.25, -0.2) is 4.39 Å². The fourth-order valence-corrected chi connectivity index (χ4v) is 2.55. The normalized spacial score (nSPS) is 19.7. The monoisotopic (exact) mass is 266 g/mol. The minimum absolute atomic E-state index is 0.279. The molecule has 0 spiro atoms. The van der Waals surface area contributed by atoms with E-state index in [-0.39, 0.29) is 17.4 Å². The number of benzene rings is 1. The van der Waals surface area contributed by atoms with Crippen molar-refractivity contribution in [1.29, 1.82) is 0 Å². The van der Waals surface area contributed by atoms with Gasteiger partial charge in [0.05, 0.1) is 16.8 Å². The fourth-order valence-electron chi connectivity index (χ4n) is 2.34. The van der Waals surface area contributed by atoms with Crippen molar-refractivity contribution in [3.8, 4) is 0 Å². The summed E-state index contributed by atoms with van der Waals surface area (Å²) in [7, 11) is 0. The van der Waals surface area contributed by atoms with Crippen LogP contribution in [0.25, 0.3) is 10.9 Å². The van der Waals surface area contributed by atoms with E-state index in [0.717, 1.165) is 0 Å². The van der Waals surface area contributed by atoms with Crippen LogP contribution in [0.1, 0.15) is 6.42 Å². The molecule has 1 aliphatic rings. The van der Waals surface area contributed by atoms with Crippen molar-refractivity contribution in [3.05, 3.63) is 35.2 Å². The molecule has 0 unspecified atom stereocenters. The highest BCUT2D eigenvalue weighted by Crippen LogP contribution is 2.31. The van der Waals surface area contributed by atoms with E-state index in [1.54, 1.807) is 18.2 Å². The predicted octanol–water partition coefficient (Wildman–Crippen LogP) is 2.60. The van der Waals surface area contributed by atoms with Crippen LogP contribution in [-0.2, 0) is 0 Å². The molecule has 3 nitrogen and oxygen atoms in total. The van der Waals surface area contributed by atoms with Crippen LogP contribution >= 0.6 is 11.6 Å². The van der Waals surface area contributed by atoms with Gasteiger partial charge in [-0.3, -0.25) is 4.98 Å². The Morgan fingerprint density at radius 1 is 1.39 bits per heavy atom. The van der Waals surface area contributed by atoms with Gasteiger partial charge in [-0.05, 0) is 24.6 Å². The quantitative estimate of drug-likeness (QED) is 0.862. The number of rotatable bonds is 1. The van der Waals surface area contributed by atoms with Crippen LogP contribution < -0.4 is 4.90 Å². The summed E-state index contributed by atoms with van der Waals surface area (Å²) in [6.45, 7) is 1.12. The molecule has 1 aromatic heterocycles. The van der Waals surface area contributed by atoms with E-state index >= 15 is 0 Å². The van der Waals surface area contributed by atoms with Crippen molar-refractivity contribution in [2.45, 2.75) is 12.5 Å². The summed E-state index contributed by atoms with van der Waals surface area (Å²) >= 11 is 6.00. The lowest BCUT2D eigenvalue weighted by Crippen LogP contribution is -2.22. The van der Waals surface area contributed by atoms with Crippen molar-refractivity contribution in [1.82, 2.24) is 4.98 Å². The van der Waals surface area contributed by atoms with Crippen molar-refractivity contribution in [2.24, 2.45) is 0 Å². The molecule has 18 heavy (non-hydrogen) atoms. The summed E-state index contributed by atoms with van der Waals surface area (Å²) < 4.78 is 14.4. The topological polar surface area (TPSA) is 36.4 Å². The number of aliphatic hydroxyl groups excluding tert-OH is 1. The molecule has 0 radical (unpaired) electrons. The first-order valence-electron chi connectivity index (χ1n) is 5.82. The minimum atomic E-state index is -0.382. The zero-order valence-corrected chi connectivity index (χ0v) is 10.4. The molecule has 94 valence electrons. The SMILES string of the molecule is O[C@@H]1CCN(c2ccc3c(Cl)ccnc3c2F)C1. The number of aromatic nitrogens is 1. The largest absolute Gasteiger partial charge is 0.391 e. The highest BCUT2D eigenvalue weighted by molar-refractivity contribution is 6.35. The molecule has 5 heteroatoms. The number of β-amino-alcohol motifs (C(OH)–C–C–N with tert-alkyl or cyclic N) is 1. The smallest absolute Gasteiger partial charge is 0.172 e. The van der Waals surface area contributed by atoms with E-state index < -0.39 is 0 Å². The van der Waals surface area contributed by atoms with Gasteiger partial charge in [-0.2, -0.15) is 0 Å². The fraction of sp³-hybridized carbons (Fsp3) is 0.308. The van der Waals surface area contributed by atoms with E-state index in [4.69, 9.17) is 11.6 Å². The van der Waals surface area contributed by atoms with Crippen molar-refractivity contribution in [3.63, 3.8) is 0 Å². The maximum atomic E-state index is 14.4. The highest BCUT2D eigenvalue weighted by atomic mass is 35.5. The van der Waals surface area contributed by atoms with Crippen molar-refractivity contribution >= 4 is 28.2 Å². The molecule has 1 atom stereocenters. The number of aliphatic hydroxyl groups is 1. The van der Waals surface area contributed by atoms with Gasteiger partial charge < -0.3 is 10.0 Å². The maximum absolute atomic E-state index is 14.4. The van der Waals surface area contributed by atoms with Gasteiger partial charge >= 0.3 is 0 Å². The first-order chi connectivity index (χ1) is 8.66. The molecule has 3 rings (SSSR count). The zero-order chi connectivity index (χ0) is 12.7. The number of fused-ring (bicyclic) bond motifs is 1. The lowest BCUT2D eigenvalue weighted by atomic mass is 10.2. The molecule has 1 fully saturated rings. The van der Waals surface area contributed by atoms with Gasteiger partial charge in [-0.15, -0.1) is 0 Å². The summed E-state index contributed by atoms with van der Waals surface area (Å²) in [5.41, 5.74) is 0.759. The lowest BCUT2D eigenvalue weighted by Gasteiger charge is -2.19. The highest BCUT2D eigenvalue weighted by Gasteiger charge is 2.23. The van der Waals surface area contributed by atoms with E-state index in [0.29, 0.717) is 35.6 Å². The van der Waals surface area contributed by atoms with Crippen LogP contribution in [0.5, 0.6) is 0 Å². The van der Waals surface area contributed by atoms with Crippen LogP contribution in [0.3, 0.4) is 0 Å². The molecule has 1 saturated heterocycles. The molecule has 2 aromatic rings. The maximum Gasteiger partial charge on any atom is 0.172 e. The summed E-state index contributed by atoms with van der Waals surface area (Å²) in [5, 5.41) is 10.6. The Kier molecular flexibility index (Phi) is 2.84. The predicted molar refractivity (Wildman–Crippen MR) is 69.5 cm³/mol. The number of nitrogens with zero attached hydrogens (tertiary/aromatic N) is 2. The van der Waals surface area contributed by atoms with E-state index in [1.807, 2.05) is 4.90 Å². The Morgan fingerprint density at radius 2 is 2.22 bits per heavy atom. The number of anilines is 1. The Hall–Kier alpha value is -1.39. The Morgan fingerprint density at radius 3 is 2.94 bits per heavy atom.